The number of aliphatic hydroxyl groups is 4. The first kappa shape index (κ1) is 49.1. The van der Waals surface area contributed by atoms with Crippen LogP contribution in [0.15, 0.2) is 59.8 Å². The number of allylic oxidation sites excluding steroid dienone is 1. The van der Waals surface area contributed by atoms with Gasteiger partial charge in [0.05, 0.1) is 13.7 Å². The molecule has 3 saturated heterocycles. The van der Waals surface area contributed by atoms with E-state index in [2.05, 4.69) is 10.1 Å². The third kappa shape index (κ3) is 10.5. The van der Waals surface area contributed by atoms with Gasteiger partial charge in [0.25, 0.3) is 0 Å². The molecule has 0 amide bonds. The van der Waals surface area contributed by atoms with Gasteiger partial charge in [0, 0.05) is 30.5 Å². The van der Waals surface area contributed by atoms with Gasteiger partial charge in [-0.1, -0.05) is 6.07 Å². The number of esters is 3. The average Bonchev–Trinajstić information content (AvgIpc) is 3.80. The van der Waals surface area contributed by atoms with Crippen LogP contribution in [0.3, 0.4) is 0 Å². The van der Waals surface area contributed by atoms with E-state index in [1.165, 1.54) is 49.6 Å². The van der Waals surface area contributed by atoms with Crippen molar-refractivity contribution in [2.75, 3.05) is 40.1 Å². The first-order chi connectivity index (χ1) is 32.3. The van der Waals surface area contributed by atoms with Gasteiger partial charge in [-0.3, -0.25) is 14.5 Å². The number of quaternary nitrogens is 1. The molecule has 0 aliphatic carbocycles. The molecule has 5 heterocycles. The Morgan fingerprint density at radius 3 is 2.41 bits per heavy atom. The Kier molecular flexibility index (Phi) is 14.6. The van der Waals surface area contributed by atoms with Crippen LogP contribution in [0.4, 0.5) is 5.69 Å². The largest absolute Gasteiger partial charge is 0.544 e. The van der Waals surface area contributed by atoms with Crippen molar-refractivity contribution < 1.29 is 118 Å². The van der Waals surface area contributed by atoms with E-state index in [1.807, 2.05) is 0 Å². The van der Waals surface area contributed by atoms with Crippen molar-refractivity contribution in [3.8, 4) is 23.0 Å². The molecule has 10 N–H and O–H groups in total. The number of nitrogens with one attached hydrogen (secondary N) is 2. The monoisotopic (exact) mass is 958 g/mol. The quantitative estimate of drug-likeness (QED) is 0.0308. The normalized spacial score (nSPS) is 31.4. The fraction of sp³-hybridized carbons (Fsp3) is 0.442. The van der Waals surface area contributed by atoms with Crippen LogP contribution in [0, 0.1) is 5.92 Å². The number of benzene rings is 2. The van der Waals surface area contributed by atoms with Crippen LogP contribution < -0.4 is 24.8 Å². The van der Waals surface area contributed by atoms with Gasteiger partial charge in [-0.25, -0.2) is 14.4 Å². The van der Waals surface area contributed by atoms with Crippen LogP contribution in [0.2, 0.25) is 0 Å². The number of phenolic OH excluding ortho intramolecular Hbond substituents is 2. The number of carbonyl (C=O) groups is 6. The SMILES string of the molecule is COc1cc(C=CC(=O)OC[C@@]2(O)CO[C@@H](O[C@H]3[C@H](Oc4cc5c(cc4O)[NH+](CC=C4C=C(C(=O)O)N[C@H](C(=O)O)C4)[C@H](C(=O)[O-])C5)O[C@H](COC(=O)[C@@H]4COC4=O)[C@@H](O)[C@@H]3O)[C@@H]2O)ccc1O. The molecule has 0 radical (unpaired) electrons. The van der Waals surface area contributed by atoms with Crippen molar-refractivity contribution in [2.45, 2.75) is 73.6 Å². The number of carbonyl (C=O) groups excluding carboxylic acids is 4. The molecular weight excluding hydrogens is 912 g/mol. The number of fused-ring (bicyclic) bond motifs is 1. The predicted molar refractivity (Wildman–Crippen MR) is 216 cm³/mol. The molecular formula is C43H46N2O23. The molecule has 366 valence electrons. The van der Waals surface area contributed by atoms with E-state index < -0.39 is 134 Å². The summed E-state index contributed by atoms with van der Waals surface area (Å²) in [5.74, 6) is -9.34. The number of aliphatic hydroxyl groups excluding tert-OH is 3. The summed E-state index contributed by atoms with van der Waals surface area (Å²) in [5, 5.41) is 100.0. The smallest absolute Gasteiger partial charge is 0.351 e. The maximum Gasteiger partial charge on any atom is 0.351 e. The zero-order valence-corrected chi connectivity index (χ0v) is 35.6. The molecule has 0 aromatic heterocycles. The zero-order valence-electron chi connectivity index (χ0n) is 35.6. The van der Waals surface area contributed by atoms with Crippen LogP contribution in [-0.2, 0) is 63.6 Å². The lowest BCUT2D eigenvalue weighted by molar-refractivity contribution is -0.840. The molecule has 7 rings (SSSR count). The van der Waals surface area contributed by atoms with E-state index >= 15 is 0 Å². The summed E-state index contributed by atoms with van der Waals surface area (Å²) < 4.78 is 43.1. The summed E-state index contributed by atoms with van der Waals surface area (Å²) >= 11 is 0. The highest BCUT2D eigenvalue weighted by atomic mass is 16.8. The number of hydrogen-bond acceptors (Lipinski definition) is 22. The van der Waals surface area contributed by atoms with Crippen molar-refractivity contribution in [2.24, 2.45) is 5.92 Å². The number of phenols is 2. The Hall–Kier alpha value is -6.84. The minimum Gasteiger partial charge on any atom is -0.544 e. The Morgan fingerprint density at radius 1 is 0.985 bits per heavy atom. The Balaban J connectivity index is 1.09. The molecule has 68 heavy (non-hydrogen) atoms. The third-order valence-electron chi connectivity index (χ3n) is 11.8. The fourth-order valence-corrected chi connectivity index (χ4v) is 7.93. The number of cyclic esters (lactones) is 1. The van der Waals surface area contributed by atoms with Crippen LogP contribution in [0.25, 0.3) is 6.08 Å². The summed E-state index contributed by atoms with van der Waals surface area (Å²) in [4.78, 5) is 72.7. The second-order valence-corrected chi connectivity index (χ2v) is 16.3. The molecule has 12 atom stereocenters. The fourth-order valence-electron chi connectivity index (χ4n) is 7.93. The molecule has 2 aromatic rings. The maximum absolute atomic E-state index is 12.6. The molecule has 0 spiro atoms. The topological polar surface area (TPSA) is 378 Å². The van der Waals surface area contributed by atoms with Gasteiger partial charge in [-0.15, -0.1) is 0 Å². The number of carboxylic acid groups (broad SMARTS) is 3. The van der Waals surface area contributed by atoms with Crippen molar-refractivity contribution in [3.63, 3.8) is 0 Å². The lowest BCUT2D eigenvalue weighted by atomic mass is 9.98. The van der Waals surface area contributed by atoms with Crippen molar-refractivity contribution in [1.82, 2.24) is 5.32 Å². The average molecular weight is 959 g/mol. The minimum atomic E-state index is -2.30. The molecule has 0 bridgehead atoms. The molecule has 2 aromatic carbocycles. The molecule has 5 aliphatic heterocycles. The Bertz CT molecular complexity index is 2420. The highest BCUT2D eigenvalue weighted by molar-refractivity contribution is 5.98. The first-order valence-electron chi connectivity index (χ1n) is 20.7. The van der Waals surface area contributed by atoms with Gasteiger partial charge in [0.1, 0.15) is 80.2 Å². The minimum absolute atomic E-state index is 0.133. The number of aliphatic carboxylic acids is 3. The van der Waals surface area contributed by atoms with Crippen LogP contribution in [-0.4, -0.2) is 178 Å². The first-order valence-corrected chi connectivity index (χ1v) is 20.7. The predicted octanol–water partition coefficient (Wildman–Crippen LogP) is -4.73. The molecule has 25 nitrogen and oxygen atoms in total. The molecule has 5 aliphatic rings. The van der Waals surface area contributed by atoms with E-state index in [1.54, 1.807) is 0 Å². The van der Waals surface area contributed by atoms with Crippen molar-refractivity contribution in [3.05, 3.63) is 71.0 Å². The maximum atomic E-state index is 12.6. The Labute approximate surface area is 383 Å². The number of ether oxygens (including phenoxy) is 8. The zero-order chi connectivity index (χ0) is 49.2. The van der Waals surface area contributed by atoms with Gasteiger partial charge in [0.2, 0.25) is 6.29 Å². The molecule has 3 fully saturated rings. The van der Waals surface area contributed by atoms with Gasteiger partial charge in [-0.2, -0.15) is 0 Å². The van der Waals surface area contributed by atoms with Crippen molar-refractivity contribution >= 4 is 47.6 Å². The lowest BCUT2D eigenvalue weighted by Gasteiger charge is -2.43. The summed E-state index contributed by atoms with van der Waals surface area (Å²) in [6.07, 6.45) is -8.50. The number of aromatic hydroxyl groups is 2. The second-order valence-electron chi connectivity index (χ2n) is 16.3. The van der Waals surface area contributed by atoms with Gasteiger partial charge in [0.15, 0.2) is 46.9 Å². The highest BCUT2D eigenvalue weighted by Gasteiger charge is 2.55. The van der Waals surface area contributed by atoms with E-state index in [0.717, 1.165) is 12.1 Å². The molecule has 1 unspecified atom stereocenters. The van der Waals surface area contributed by atoms with Crippen LogP contribution >= 0.6 is 0 Å². The van der Waals surface area contributed by atoms with E-state index in [4.69, 9.17) is 33.2 Å². The summed E-state index contributed by atoms with van der Waals surface area (Å²) in [6, 6.07) is 4.09. The third-order valence-corrected chi connectivity index (χ3v) is 11.8. The Morgan fingerprint density at radius 2 is 1.75 bits per heavy atom. The van der Waals surface area contributed by atoms with Gasteiger partial charge < -0.3 is 94.0 Å². The summed E-state index contributed by atoms with van der Waals surface area (Å²) in [6.45, 7) is -2.69. The second kappa shape index (κ2) is 20.2. The summed E-state index contributed by atoms with van der Waals surface area (Å²) in [7, 11) is 1.33. The molecule has 0 saturated carbocycles. The van der Waals surface area contributed by atoms with Crippen LogP contribution in [0.5, 0.6) is 23.0 Å². The highest BCUT2D eigenvalue weighted by Crippen LogP contribution is 2.38. The number of hydrogen-bond donors (Lipinski definition) is 10. The number of methoxy groups -OCH3 is 1. The van der Waals surface area contributed by atoms with Crippen molar-refractivity contribution in [1.29, 1.82) is 0 Å². The number of carboxylic acids is 3. The molecule has 25 heteroatoms. The lowest BCUT2D eigenvalue weighted by Crippen LogP contribution is -3.11. The van der Waals surface area contributed by atoms with Crippen LogP contribution in [0.1, 0.15) is 17.5 Å². The van der Waals surface area contributed by atoms with E-state index in [0.29, 0.717) is 5.56 Å². The standard InChI is InChI=1S/C43H46N2O23/c1-61-28-10-18(2-4-26(28)46)3-5-31(48)64-16-43(60)17-65-42(35(43)51)68-34-33(50)32(49)30(15-63-40(59)21-14-62-39(21)58)67-41(34)66-29-12-20-11-25(38(56)57)45(24(20)13-27(29)47)7-6-19-8-22(36(52)53)44-23(9-19)37(54)55/h2-6,8,10,12-13,21,23,25,30,32-35,41-42,44,46-47,49-51,60H,7,9,11,14-17H2,1H3,(H,52,53)(H,54,55)(H,56,57)/t21-,23+,25+,30-,32-,33+,34-,35+,41-,42+,43-/m1/s1. The van der Waals surface area contributed by atoms with E-state index in [-0.39, 0.29) is 64.9 Å². The van der Waals surface area contributed by atoms with E-state index in [9.17, 15) is 74.7 Å². The van der Waals surface area contributed by atoms with Gasteiger partial charge in [-0.05, 0) is 47.6 Å². The summed E-state index contributed by atoms with van der Waals surface area (Å²) in [5.41, 5.74) is -1.45. The number of rotatable bonds is 17. The van der Waals surface area contributed by atoms with Gasteiger partial charge >= 0.3 is 29.8 Å².